The molecule has 5 nitrogen and oxygen atoms in total. The molecule has 3 heterocycles. The van der Waals surface area contributed by atoms with Crippen LogP contribution < -0.4 is 32.8 Å². The van der Waals surface area contributed by atoms with Crippen LogP contribution in [0.25, 0.3) is 117 Å². The average molecular weight is 838 g/mol. The second kappa shape index (κ2) is 15.5. The molecule has 9 aromatic carbocycles. The van der Waals surface area contributed by atoms with Crippen molar-refractivity contribution in [1.82, 2.24) is 19.5 Å². The van der Waals surface area contributed by atoms with Gasteiger partial charge in [-0.3, -0.25) is 0 Å². The van der Waals surface area contributed by atoms with Crippen LogP contribution in [-0.2, 0) is 0 Å². The van der Waals surface area contributed by atoms with Crippen molar-refractivity contribution < 1.29 is 4.42 Å². The van der Waals surface area contributed by atoms with E-state index in [0.29, 0.717) is 17.5 Å². The van der Waals surface area contributed by atoms with Crippen LogP contribution >= 0.6 is 0 Å². The summed E-state index contributed by atoms with van der Waals surface area (Å²) in [7, 11) is 13.5. The van der Waals surface area contributed by atoms with Crippen molar-refractivity contribution >= 4 is 134 Å². The van der Waals surface area contributed by atoms with E-state index in [9.17, 15) is 0 Å². The SMILES string of the molecule is Bc1cc(B)c2c(c1B)c1c(B)c(B)cc(B)c1n2-c1cc(-c2ccccc2)c2oc3cc(-c4nc(-c5ccccc5)nc(-c5ccc(-c6cccc7ccccc67)cc5)n4)ccc3c2c1. The Balaban J connectivity index is 1.05. The van der Waals surface area contributed by atoms with Gasteiger partial charge in [-0.25, -0.2) is 15.0 Å². The van der Waals surface area contributed by atoms with Gasteiger partial charge in [0.25, 0.3) is 0 Å². The van der Waals surface area contributed by atoms with Crippen molar-refractivity contribution in [3.05, 3.63) is 170 Å². The van der Waals surface area contributed by atoms with Crippen molar-refractivity contribution in [2.24, 2.45) is 0 Å². The number of rotatable bonds is 6. The van der Waals surface area contributed by atoms with Crippen molar-refractivity contribution in [3.8, 4) is 62.1 Å². The molecular formula is C55H40B6N4O. The lowest BCUT2D eigenvalue weighted by Crippen LogP contribution is -2.33. The molecule has 0 amide bonds. The molecule has 0 spiro atoms. The molecule has 0 atom stereocenters. The lowest BCUT2D eigenvalue weighted by Gasteiger charge is -2.15. The normalized spacial score (nSPS) is 11.7. The highest BCUT2D eigenvalue weighted by atomic mass is 16.3. The monoisotopic (exact) mass is 838 g/mol. The van der Waals surface area contributed by atoms with Gasteiger partial charge in [-0.05, 0) is 62.5 Å². The minimum absolute atomic E-state index is 0.580. The van der Waals surface area contributed by atoms with Gasteiger partial charge in [0.1, 0.15) is 58.2 Å². The molecule has 0 aliphatic heterocycles. The minimum Gasteiger partial charge on any atom is -0.455 e. The zero-order chi connectivity index (χ0) is 44.8. The predicted molar refractivity (Wildman–Crippen MR) is 295 cm³/mol. The maximum Gasteiger partial charge on any atom is 0.164 e. The van der Waals surface area contributed by atoms with Crippen molar-refractivity contribution in [1.29, 1.82) is 0 Å². The van der Waals surface area contributed by atoms with E-state index >= 15 is 0 Å². The zero-order valence-corrected chi connectivity index (χ0v) is 37.9. The van der Waals surface area contributed by atoms with E-state index in [2.05, 4.69) is 191 Å². The first kappa shape index (κ1) is 39.8. The fourth-order valence-electron chi connectivity index (χ4n) is 10.3. The van der Waals surface area contributed by atoms with E-state index in [1.54, 1.807) is 0 Å². The van der Waals surface area contributed by atoms with Crippen molar-refractivity contribution in [3.63, 3.8) is 0 Å². The highest BCUT2D eigenvalue weighted by Crippen LogP contribution is 2.41. The number of hydrogen-bond acceptors (Lipinski definition) is 4. The first-order valence-electron chi connectivity index (χ1n) is 22.7. The van der Waals surface area contributed by atoms with E-state index in [0.717, 1.165) is 61.0 Å². The molecular weight excluding hydrogens is 798 g/mol. The average Bonchev–Trinajstić information content (AvgIpc) is 3.92. The van der Waals surface area contributed by atoms with Crippen LogP contribution in [0.1, 0.15) is 0 Å². The Morgan fingerprint density at radius 1 is 0.379 bits per heavy atom. The quantitative estimate of drug-likeness (QED) is 0.239. The van der Waals surface area contributed by atoms with Gasteiger partial charge in [-0.15, -0.1) is 0 Å². The van der Waals surface area contributed by atoms with Crippen LogP contribution in [0.3, 0.4) is 0 Å². The Morgan fingerprint density at radius 2 is 0.894 bits per heavy atom. The third-order valence-electron chi connectivity index (χ3n) is 13.8. The molecule has 0 fully saturated rings. The van der Waals surface area contributed by atoms with Gasteiger partial charge in [0.2, 0.25) is 0 Å². The highest BCUT2D eigenvalue weighted by Gasteiger charge is 2.24. The van der Waals surface area contributed by atoms with Crippen molar-refractivity contribution in [2.45, 2.75) is 0 Å². The van der Waals surface area contributed by atoms with Crippen LogP contribution in [0.15, 0.2) is 174 Å². The highest BCUT2D eigenvalue weighted by molar-refractivity contribution is 6.62. The molecule has 0 bridgehead atoms. The molecule has 0 saturated carbocycles. The maximum atomic E-state index is 7.00. The minimum atomic E-state index is 0.580. The molecule has 12 rings (SSSR count). The van der Waals surface area contributed by atoms with Gasteiger partial charge >= 0.3 is 0 Å². The zero-order valence-electron chi connectivity index (χ0n) is 37.9. The summed E-state index contributed by atoms with van der Waals surface area (Å²) in [5.74, 6) is 1.80. The first-order valence-corrected chi connectivity index (χ1v) is 22.7. The Bertz CT molecular complexity index is 3870. The number of hydrogen-bond donors (Lipinski definition) is 0. The molecule has 0 aliphatic carbocycles. The number of fused-ring (bicyclic) bond motifs is 7. The summed E-state index contributed by atoms with van der Waals surface area (Å²) in [6.45, 7) is 0. The summed E-state index contributed by atoms with van der Waals surface area (Å²) in [5.41, 5.74) is 20.2. The molecule has 0 unspecified atom stereocenters. The van der Waals surface area contributed by atoms with Gasteiger partial charge in [0.15, 0.2) is 17.5 Å². The van der Waals surface area contributed by atoms with E-state index in [4.69, 9.17) is 19.4 Å². The molecule has 11 heteroatoms. The van der Waals surface area contributed by atoms with E-state index < -0.39 is 0 Å². The van der Waals surface area contributed by atoms with E-state index in [-0.39, 0.29) is 0 Å². The lowest BCUT2D eigenvalue weighted by molar-refractivity contribution is 0.670. The van der Waals surface area contributed by atoms with Crippen LogP contribution in [0.2, 0.25) is 0 Å². The summed E-state index contributed by atoms with van der Waals surface area (Å²) in [6.07, 6.45) is 0. The van der Waals surface area contributed by atoms with Gasteiger partial charge < -0.3 is 8.98 Å². The first-order chi connectivity index (χ1) is 32.2. The molecule has 3 aromatic heterocycles. The van der Waals surface area contributed by atoms with Crippen LogP contribution in [0.4, 0.5) is 0 Å². The Hall–Kier alpha value is -7.76. The second-order valence-corrected chi connectivity index (χ2v) is 17.9. The fraction of sp³-hybridized carbons (Fsp3) is 0. The largest absolute Gasteiger partial charge is 0.455 e. The summed E-state index contributed by atoms with van der Waals surface area (Å²) in [6, 6.07) is 60.0. The molecule has 12 aromatic rings. The van der Waals surface area contributed by atoms with Crippen molar-refractivity contribution in [2.75, 3.05) is 0 Å². The third-order valence-corrected chi connectivity index (χ3v) is 13.8. The van der Waals surface area contributed by atoms with Crippen LogP contribution in [0, 0.1) is 0 Å². The van der Waals surface area contributed by atoms with Crippen LogP contribution in [-0.4, -0.2) is 66.6 Å². The maximum absolute atomic E-state index is 7.00. The standard InChI is InChI=1S/C55H40B6N4O/c56-41-27-43(58)50-46(48(41)60)47-49(61)42(57)28-44(59)51(47)65(50)35-25-39(30-10-3-1-4-11-30)52-40(26-35)38-23-22-34(24-45(38)66-52)55-63-53(32-13-5-2-6-14-32)62-54(64-55)33-20-18-31(19-21-33)37-17-9-15-29-12-7-8-16-36(29)37/h1-28H,56-61H2. The second-order valence-electron chi connectivity index (χ2n) is 17.9. The number of aromatic nitrogens is 4. The topological polar surface area (TPSA) is 56.7 Å². The van der Waals surface area contributed by atoms with E-state index in [1.807, 2.05) is 30.3 Å². The fourth-order valence-corrected chi connectivity index (χ4v) is 10.3. The van der Waals surface area contributed by atoms with Crippen LogP contribution in [0.5, 0.6) is 0 Å². The molecule has 0 saturated heterocycles. The summed E-state index contributed by atoms with van der Waals surface area (Å²) in [5, 5.41) is 7.20. The molecule has 66 heavy (non-hydrogen) atoms. The number of benzene rings is 9. The Morgan fingerprint density at radius 3 is 1.55 bits per heavy atom. The smallest absolute Gasteiger partial charge is 0.164 e. The van der Waals surface area contributed by atoms with Gasteiger partial charge in [-0.1, -0.05) is 178 Å². The number of furan rings is 1. The molecule has 0 radical (unpaired) electrons. The Kier molecular flexibility index (Phi) is 9.32. The number of nitrogens with zero attached hydrogens (tertiary/aromatic N) is 4. The molecule has 0 N–H and O–H groups in total. The van der Waals surface area contributed by atoms with Gasteiger partial charge in [-0.2, -0.15) is 0 Å². The molecule has 0 aliphatic rings. The third kappa shape index (κ3) is 6.36. The molecule has 304 valence electrons. The summed E-state index contributed by atoms with van der Waals surface area (Å²) >= 11 is 0. The predicted octanol–water partition coefficient (Wildman–Crippen LogP) is 3.91. The van der Waals surface area contributed by atoms with Gasteiger partial charge in [0.05, 0.1) is 0 Å². The van der Waals surface area contributed by atoms with Gasteiger partial charge in [0, 0.05) is 49.7 Å². The van der Waals surface area contributed by atoms with E-state index in [1.165, 1.54) is 70.9 Å². The summed E-state index contributed by atoms with van der Waals surface area (Å²) in [4.78, 5) is 15.3. The Labute approximate surface area is 388 Å². The summed E-state index contributed by atoms with van der Waals surface area (Å²) < 4.78 is 9.51. The lowest BCUT2D eigenvalue weighted by atomic mass is 9.71.